The highest BCUT2D eigenvalue weighted by molar-refractivity contribution is 7.10. The quantitative estimate of drug-likeness (QED) is 0.629. The summed E-state index contributed by atoms with van der Waals surface area (Å²) < 4.78 is 55.2. The van der Waals surface area contributed by atoms with Crippen molar-refractivity contribution in [3.63, 3.8) is 0 Å². The third kappa shape index (κ3) is 4.82. The first-order valence-electron chi connectivity index (χ1n) is 7.43. The molecule has 1 saturated heterocycles. The standard InChI is InChI=1S/C16H15ClF4N2S.2ClH/c17-11-4-3-10(16(19,20)21)13(14(11)18)15(12-2-1-9-24-12)23-7-5-22-6-8-23;;/h1-4,9,15,22H,5-8H2;2*1H/t15-;;/m0../s1. The number of hydrogen-bond donors (Lipinski definition) is 1. The van der Waals surface area contributed by atoms with Gasteiger partial charge in [0.25, 0.3) is 0 Å². The Morgan fingerprint density at radius 1 is 1.12 bits per heavy atom. The van der Waals surface area contributed by atoms with Crippen molar-refractivity contribution in [2.45, 2.75) is 12.2 Å². The van der Waals surface area contributed by atoms with Crippen LogP contribution in [-0.2, 0) is 6.18 Å². The summed E-state index contributed by atoms with van der Waals surface area (Å²) in [6.07, 6.45) is -4.65. The third-order valence-corrected chi connectivity index (χ3v) is 5.26. The molecular weight excluding hydrogens is 435 g/mol. The molecule has 10 heteroatoms. The molecule has 3 rings (SSSR count). The molecule has 2 aromatic rings. The maximum Gasteiger partial charge on any atom is 0.416 e. The molecule has 0 unspecified atom stereocenters. The lowest BCUT2D eigenvalue weighted by Crippen LogP contribution is -2.45. The number of hydrogen-bond acceptors (Lipinski definition) is 3. The third-order valence-electron chi connectivity index (χ3n) is 4.04. The van der Waals surface area contributed by atoms with Gasteiger partial charge >= 0.3 is 6.18 Å². The summed E-state index contributed by atoms with van der Waals surface area (Å²) in [5.41, 5.74) is -1.36. The molecule has 1 aromatic carbocycles. The van der Waals surface area contributed by atoms with E-state index in [0.717, 1.165) is 12.1 Å². The molecule has 0 bridgehead atoms. The maximum absolute atomic E-state index is 14.7. The Balaban J connectivity index is 0.00000169. The number of halogens is 7. The number of benzene rings is 1. The minimum Gasteiger partial charge on any atom is -0.314 e. The molecule has 0 aliphatic carbocycles. The van der Waals surface area contributed by atoms with Crippen LogP contribution in [0.15, 0.2) is 29.6 Å². The molecule has 146 valence electrons. The molecule has 2 heterocycles. The highest BCUT2D eigenvalue weighted by Crippen LogP contribution is 2.43. The van der Waals surface area contributed by atoms with E-state index in [2.05, 4.69) is 5.32 Å². The van der Waals surface area contributed by atoms with E-state index in [9.17, 15) is 17.6 Å². The Kier molecular flexibility index (Phi) is 8.64. The van der Waals surface area contributed by atoms with E-state index >= 15 is 0 Å². The van der Waals surface area contributed by atoms with Crippen molar-refractivity contribution >= 4 is 47.8 Å². The van der Waals surface area contributed by atoms with E-state index in [1.807, 2.05) is 4.90 Å². The normalized spacial score (nSPS) is 16.5. The minimum absolute atomic E-state index is 0. The van der Waals surface area contributed by atoms with E-state index in [1.165, 1.54) is 11.3 Å². The first kappa shape index (κ1) is 23.5. The van der Waals surface area contributed by atoms with Crippen molar-refractivity contribution in [1.82, 2.24) is 10.2 Å². The van der Waals surface area contributed by atoms with Crippen LogP contribution in [0.5, 0.6) is 0 Å². The second-order valence-electron chi connectivity index (χ2n) is 5.52. The van der Waals surface area contributed by atoms with Crippen LogP contribution in [0, 0.1) is 5.82 Å². The van der Waals surface area contributed by atoms with Crippen LogP contribution in [0.2, 0.25) is 5.02 Å². The van der Waals surface area contributed by atoms with E-state index in [-0.39, 0.29) is 35.4 Å². The van der Waals surface area contributed by atoms with Gasteiger partial charge in [-0.25, -0.2) is 4.39 Å². The SMILES string of the molecule is Cl.Cl.Fc1c(Cl)ccc(C(F)(F)F)c1[C@H](c1cccs1)N1CCNCC1. The molecule has 1 aromatic heterocycles. The Morgan fingerprint density at radius 3 is 2.31 bits per heavy atom. The molecule has 1 N–H and O–H groups in total. The Bertz CT molecular complexity index is 704. The van der Waals surface area contributed by atoms with Crippen molar-refractivity contribution in [3.8, 4) is 0 Å². The summed E-state index contributed by atoms with van der Waals surface area (Å²) in [6.45, 7) is 2.36. The second-order valence-corrected chi connectivity index (χ2v) is 6.91. The zero-order valence-electron chi connectivity index (χ0n) is 13.4. The van der Waals surface area contributed by atoms with Gasteiger partial charge in [0.2, 0.25) is 0 Å². The maximum atomic E-state index is 14.7. The van der Waals surface area contributed by atoms with Gasteiger partial charge in [0.15, 0.2) is 0 Å². The number of rotatable bonds is 3. The van der Waals surface area contributed by atoms with Crippen LogP contribution in [0.25, 0.3) is 0 Å². The van der Waals surface area contributed by atoms with E-state index in [1.54, 1.807) is 17.5 Å². The number of thiophene rings is 1. The van der Waals surface area contributed by atoms with Gasteiger partial charge in [-0.15, -0.1) is 36.2 Å². The molecule has 1 aliphatic heterocycles. The number of piperazine rings is 1. The first-order chi connectivity index (χ1) is 11.4. The van der Waals surface area contributed by atoms with Gasteiger partial charge in [0.1, 0.15) is 5.82 Å². The predicted molar refractivity (Wildman–Crippen MR) is 102 cm³/mol. The van der Waals surface area contributed by atoms with E-state index in [4.69, 9.17) is 11.6 Å². The molecule has 0 amide bonds. The monoisotopic (exact) mass is 450 g/mol. The van der Waals surface area contributed by atoms with Crippen LogP contribution >= 0.6 is 47.8 Å². The first-order valence-corrected chi connectivity index (χ1v) is 8.68. The van der Waals surface area contributed by atoms with Gasteiger partial charge in [0.05, 0.1) is 16.6 Å². The highest BCUT2D eigenvalue weighted by atomic mass is 35.5. The van der Waals surface area contributed by atoms with Crippen LogP contribution < -0.4 is 5.32 Å². The van der Waals surface area contributed by atoms with Gasteiger partial charge in [-0.3, -0.25) is 4.90 Å². The Labute approximate surface area is 170 Å². The van der Waals surface area contributed by atoms with Gasteiger partial charge < -0.3 is 5.32 Å². The van der Waals surface area contributed by atoms with Crippen LogP contribution in [0.1, 0.15) is 22.0 Å². The summed E-state index contributed by atoms with van der Waals surface area (Å²) in [4.78, 5) is 2.54. The average Bonchev–Trinajstić information content (AvgIpc) is 3.06. The molecule has 0 radical (unpaired) electrons. The molecular formula is C16H17Cl3F4N2S. The molecule has 1 aliphatic rings. The van der Waals surface area contributed by atoms with Crippen molar-refractivity contribution < 1.29 is 17.6 Å². The lowest BCUT2D eigenvalue weighted by molar-refractivity contribution is -0.138. The smallest absolute Gasteiger partial charge is 0.314 e. The molecule has 1 fully saturated rings. The van der Waals surface area contributed by atoms with Gasteiger partial charge in [-0.05, 0) is 23.6 Å². The van der Waals surface area contributed by atoms with E-state index < -0.39 is 23.6 Å². The molecule has 0 spiro atoms. The zero-order chi connectivity index (χ0) is 17.3. The lowest BCUT2D eigenvalue weighted by Gasteiger charge is -2.36. The summed E-state index contributed by atoms with van der Waals surface area (Å²) in [5, 5.41) is 4.64. The summed E-state index contributed by atoms with van der Waals surface area (Å²) >= 11 is 7.12. The van der Waals surface area contributed by atoms with Gasteiger partial charge in [-0.2, -0.15) is 13.2 Å². The number of nitrogens with one attached hydrogen (secondary N) is 1. The number of alkyl halides is 3. The molecule has 0 saturated carbocycles. The van der Waals surface area contributed by atoms with Crippen molar-refractivity contribution in [2.75, 3.05) is 26.2 Å². The van der Waals surface area contributed by atoms with Crippen molar-refractivity contribution in [3.05, 3.63) is 56.5 Å². The number of nitrogens with zero attached hydrogens (tertiary/aromatic N) is 1. The lowest BCUT2D eigenvalue weighted by atomic mass is 9.96. The Morgan fingerprint density at radius 2 is 1.77 bits per heavy atom. The zero-order valence-corrected chi connectivity index (χ0v) is 16.6. The average molecular weight is 452 g/mol. The van der Waals surface area contributed by atoms with Gasteiger partial charge in [0, 0.05) is 36.6 Å². The van der Waals surface area contributed by atoms with Crippen molar-refractivity contribution in [2.24, 2.45) is 0 Å². The Hall–Kier alpha value is -0.570. The summed E-state index contributed by atoms with van der Waals surface area (Å²) in [6, 6.07) is 4.51. The predicted octanol–water partition coefficient (Wildman–Crippen LogP) is 5.40. The van der Waals surface area contributed by atoms with Crippen LogP contribution in [0.4, 0.5) is 17.6 Å². The largest absolute Gasteiger partial charge is 0.416 e. The van der Waals surface area contributed by atoms with Crippen molar-refractivity contribution in [1.29, 1.82) is 0 Å². The summed E-state index contributed by atoms with van der Waals surface area (Å²) in [5.74, 6) is -0.997. The minimum atomic E-state index is -4.65. The fraction of sp³-hybridized carbons (Fsp3) is 0.375. The second kappa shape index (κ2) is 9.57. The molecule has 2 nitrogen and oxygen atoms in total. The fourth-order valence-corrected chi connectivity index (χ4v) is 4.00. The summed E-state index contributed by atoms with van der Waals surface area (Å²) in [7, 11) is 0. The molecule has 1 atom stereocenters. The van der Waals surface area contributed by atoms with E-state index in [0.29, 0.717) is 31.1 Å². The highest BCUT2D eigenvalue weighted by Gasteiger charge is 2.40. The molecule has 26 heavy (non-hydrogen) atoms. The van der Waals surface area contributed by atoms with Crippen LogP contribution in [0.3, 0.4) is 0 Å². The van der Waals surface area contributed by atoms with Crippen LogP contribution in [-0.4, -0.2) is 31.1 Å². The topological polar surface area (TPSA) is 15.3 Å². The fourth-order valence-electron chi connectivity index (χ4n) is 2.97. The van der Waals surface area contributed by atoms with Gasteiger partial charge in [-0.1, -0.05) is 17.7 Å².